The van der Waals surface area contributed by atoms with Gasteiger partial charge < -0.3 is 14.8 Å². The molecular formula is C22H23NO3. The van der Waals surface area contributed by atoms with E-state index < -0.39 is 6.10 Å². The summed E-state index contributed by atoms with van der Waals surface area (Å²) in [5.74, 6) is 1.40. The van der Waals surface area contributed by atoms with Gasteiger partial charge in [0.05, 0.1) is 6.61 Å². The van der Waals surface area contributed by atoms with Gasteiger partial charge in [0.15, 0.2) is 6.10 Å². The van der Waals surface area contributed by atoms with Crippen molar-refractivity contribution in [3.05, 3.63) is 72.3 Å². The molecule has 0 fully saturated rings. The molecular weight excluding hydrogens is 326 g/mol. The summed E-state index contributed by atoms with van der Waals surface area (Å²) in [5, 5.41) is 5.00. The van der Waals surface area contributed by atoms with E-state index in [-0.39, 0.29) is 5.91 Å². The van der Waals surface area contributed by atoms with E-state index in [1.54, 1.807) is 6.92 Å². The van der Waals surface area contributed by atoms with Gasteiger partial charge in [0, 0.05) is 11.9 Å². The summed E-state index contributed by atoms with van der Waals surface area (Å²) in [6.45, 7) is 4.80. The van der Waals surface area contributed by atoms with Crippen LogP contribution in [0.4, 0.5) is 0 Å². The number of hydrogen-bond acceptors (Lipinski definition) is 3. The maximum atomic E-state index is 12.4. The quantitative estimate of drug-likeness (QED) is 0.691. The summed E-state index contributed by atoms with van der Waals surface area (Å²) in [6, 6.07) is 21.5. The molecule has 0 heterocycles. The van der Waals surface area contributed by atoms with E-state index in [0.29, 0.717) is 18.9 Å². The van der Waals surface area contributed by atoms with Gasteiger partial charge in [0.1, 0.15) is 11.5 Å². The molecule has 1 N–H and O–H groups in total. The Kier molecular flexibility index (Phi) is 5.74. The standard InChI is InChI=1S/C22H23NO3/c1-3-25-19-13-11-17(12-14-19)15-23-22(24)16(2)26-21-10-6-8-18-7-4-5-9-20(18)21/h4-14,16H,3,15H2,1-2H3,(H,23,24). The summed E-state index contributed by atoms with van der Waals surface area (Å²) in [6.07, 6.45) is -0.580. The first-order valence-corrected chi connectivity index (χ1v) is 8.81. The maximum absolute atomic E-state index is 12.4. The van der Waals surface area contributed by atoms with Gasteiger partial charge >= 0.3 is 0 Å². The molecule has 3 aromatic rings. The Morgan fingerprint density at radius 2 is 1.73 bits per heavy atom. The summed E-state index contributed by atoms with van der Waals surface area (Å²) < 4.78 is 11.3. The van der Waals surface area contributed by atoms with Crippen molar-refractivity contribution in [3.8, 4) is 11.5 Å². The lowest BCUT2D eigenvalue weighted by Gasteiger charge is -2.16. The van der Waals surface area contributed by atoms with Gasteiger partial charge in [-0.2, -0.15) is 0 Å². The number of ether oxygens (including phenoxy) is 2. The molecule has 1 amide bonds. The van der Waals surface area contributed by atoms with Crippen molar-refractivity contribution >= 4 is 16.7 Å². The molecule has 0 bridgehead atoms. The van der Waals surface area contributed by atoms with Crippen molar-refractivity contribution in [1.29, 1.82) is 0 Å². The van der Waals surface area contributed by atoms with Crippen molar-refractivity contribution in [2.75, 3.05) is 6.61 Å². The highest BCUT2D eigenvalue weighted by molar-refractivity contribution is 5.89. The molecule has 3 rings (SSSR count). The minimum atomic E-state index is -0.580. The predicted octanol–water partition coefficient (Wildman–Crippen LogP) is 4.32. The van der Waals surface area contributed by atoms with Crippen LogP contribution in [0.1, 0.15) is 19.4 Å². The van der Waals surface area contributed by atoms with Crippen LogP contribution in [0.3, 0.4) is 0 Å². The Labute approximate surface area is 153 Å². The summed E-state index contributed by atoms with van der Waals surface area (Å²) in [5.41, 5.74) is 1.01. The summed E-state index contributed by atoms with van der Waals surface area (Å²) >= 11 is 0. The Bertz CT molecular complexity index is 869. The zero-order valence-electron chi connectivity index (χ0n) is 15.1. The van der Waals surface area contributed by atoms with E-state index in [0.717, 1.165) is 22.1 Å². The van der Waals surface area contributed by atoms with Crippen LogP contribution in [0.2, 0.25) is 0 Å². The highest BCUT2D eigenvalue weighted by atomic mass is 16.5. The fourth-order valence-electron chi connectivity index (χ4n) is 2.75. The third-order valence-electron chi connectivity index (χ3n) is 4.12. The second-order valence-corrected chi connectivity index (χ2v) is 6.03. The molecule has 1 unspecified atom stereocenters. The Balaban J connectivity index is 1.59. The van der Waals surface area contributed by atoms with Gasteiger partial charge in [-0.15, -0.1) is 0 Å². The molecule has 0 aliphatic heterocycles. The smallest absolute Gasteiger partial charge is 0.261 e. The average molecular weight is 349 g/mol. The van der Waals surface area contributed by atoms with Crippen molar-refractivity contribution < 1.29 is 14.3 Å². The fourth-order valence-corrected chi connectivity index (χ4v) is 2.75. The summed E-state index contributed by atoms with van der Waals surface area (Å²) in [4.78, 5) is 12.4. The van der Waals surface area contributed by atoms with Crippen molar-refractivity contribution in [1.82, 2.24) is 5.32 Å². The van der Waals surface area contributed by atoms with E-state index in [9.17, 15) is 4.79 Å². The Morgan fingerprint density at radius 3 is 2.50 bits per heavy atom. The van der Waals surface area contributed by atoms with Crippen LogP contribution in [0.25, 0.3) is 10.8 Å². The van der Waals surface area contributed by atoms with E-state index in [1.807, 2.05) is 73.7 Å². The normalized spacial score (nSPS) is 11.8. The van der Waals surface area contributed by atoms with Crippen molar-refractivity contribution in [2.45, 2.75) is 26.5 Å². The zero-order valence-corrected chi connectivity index (χ0v) is 15.1. The molecule has 0 saturated heterocycles. The molecule has 26 heavy (non-hydrogen) atoms. The van der Waals surface area contributed by atoms with Crippen LogP contribution in [0, 0.1) is 0 Å². The summed E-state index contributed by atoms with van der Waals surface area (Å²) in [7, 11) is 0. The van der Waals surface area contributed by atoms with Gasteiger partial charge in [-0.3, -0.25) is 4.79 Å². The number of nitrogens with one attached hydrogen (secondary N) is 1. The third kappa shape index (κ3) is 4.33. The van der Waals surface area contributed by atoms with E-state index in [1.165, 1.54) is 0 Å². The zero-order chi connectivity index (χ0) is 18.4. The number of rotatable bonds is 7. The van der Waals surface area contributed by atoms with Gasteiger partial charge in [-0.1, -0.05) is 48.5 Å². The van der Waals surface area contributed by atoms with Crippen LogP contribution in [0.5, 0.6) is 11.5 Å². The number of amides is 1. The Morgan fingerprint density at radius 1 is 1.00 bits per heavy atom. The molecule has 4 heteroatoms. The second kappa shape index (κ2) is 8.39. The largest absolute Gasteiger partial charge is 0.494 e. The average Bonchev–Trinajstić information content (AvgIpc) is 2.67. The minimum absolute atomic E-state index is 0.146. The van der Waals surface area contributed by atoms with E-state index in [2.05, 4.69) is 5.32 Å². The number of carbonyl (C=O) groups excluding carboxylic acids is 1. The van der Waals surface area contributed by atoms with Gasteiger partial charge in [-0.25, -0.2) is 0 Å². The first kappa shape index (κ1) is 17.8. The van der Waals surface area contributed by atoms with Crippen LogP contribution >= 0.6 is 0 Å². The van der Waals surface area contributed by atoms with Crippen LogP contribution < -0.4 is 14.8 Å². The van der Waals surface area contributed by atoms with Crippen molar-refractivity contribution in [3.63, 3.8) is 0 Å². The van der Waals surface area contributed by atoms with Crippen LogP contribution in [0.15, 0.2) is 66.7 Å². The molecule has 0 aliphatic carbocycles. The first-order valence-electron chi connectivity index (χ1n) is 8.81. The highest BCUT2D eigenvalue weighted by Crippen LogP contribution is 2.26. The molecule has 0 saturated carbocycles. The highest BCUT2D eigenvalue weighted by Gasteiger charge is 2.15. The van der Waals surface area contributed by atoms with Crippen LogP contribution in [-0.4, -0.2) is 18.6 Å². The molecule has 0 spiro atoms. The molecule has 4 nitrogen and oxygen atoms in total. The minimum Gasteiger partial charge on any atom is -0.494 e. The fraction of sp³-hybridized carbons (Fsp3) is 0.227. The monoisotopic (exact) mass is 349 g/mol. The lowest BCUT2D eigenvalue weighted by molar-refractivity contribution is -0.127. The Hall–Kier alpha value is -3.01. The molecule has 134 valence electrons. The van der Waals surface area contributed by atoms with Gasteiger partial charge in [0.25, 0.3) is 5.91 Å². The molecule has 3 aromatic carbocycles. The van der Waals surface area contributed by atoms with Crippen molar-refractivity contribution in [2.24, 2.45) is 0 Å². The van der Waals surface area contributed by atoms with Gasteiger partial charge in [-0.05, 0) is 43.0 Å². The van der Waals surface area contributed by atoms with Gasteiger partial charge in [0.2, 0.25) is 0 Å². The molecule has 0 aromatic heterocycles. The topological polar surface area (TPSA) is 47.6 Å². The molecule has 0 aliphatic rings. The van der Waals surface area contributed by atoms with E-state index in [4.69, 9.17) is 9.47 Å². The first-order chi connectivity index (χ1) is 12.7. The molecule has 0 radical (unpaired) electrons. The number of fused-ring (bicyclic) bond motifs is 1. The lowest BCUT2D eigenvalue weighted by Crippen LogP contribution is -2.35. The number of hydrogen-bond donors (Lipinski definition) is 1. The third-order valence-corrected chi connectivity index (χ3v) is 4.12. The SMILES string of the molecule is CCOc1ccc(CNC(=O)C(C)Oc2cccc3ccccc23)cc1. The maximum Gasteiger partial charge on any atom is 0.261 e. The number of carbonyl (C=O) groups is 1. The number of benzene rings is 3. The van der Waals surface area contributed by atoms with E-state index >= 15 is 0 Å². The second-order valence-electron chi connectivity index (χ2n) is 6.03. The molecule has 1 atom stereocenters. The predicted molar refractivity (Wildman–Crippen MR) is 103 cm³/mol. The lowest BCUT2D eigenvalue weighted by atomic mass is 10.1. The van der Waals surface area contributed by atoms with Crippen LogP contribution in [-0.2, 0) is 11.3 Å².